The molecule has 1 spiro atoms. The summed E-state index contributed by atoms with van der Waals surface area (Å²) in [5.74, 6) is 2.04. The van der Waals surface area contributed by atoms with Crippen LogP contribution in [0.5, 0.6) is 11.5 Å². The predicted molar refractivity (Wildman–Crippen MR) is 123 cm³/mol. The summed E-state index contributed by atoms with van der Waals surface area (Å²) in [6.07, 6.45) is 3.39. The number of benzene rings is 1. The quantitative estimate of drug-likeness (QED) is 0.662. The molecule has 0 aliphatic carbocycles. The van der Waals surface area contributed by atoms with Crippen LogP contribution >= 0.6 is 11.3 Å². The Bertz CT molecular complexity index is 929. The van der Waals surface area contributed by atoms with Crippen LogP contribution < -0.4 is 9.47 Å². The molecule has 0 N–H and O–H groups in total. The van der Waals surface area contributed by atoms with E-state index in [0.717, 1.165) is 67.6 Å². The molecule has 2 fully saturated rings. The molecule has 7 heteroatoms. The van der Waals surface area contributed by atoms with Gasteiger partial charge in [0.05, 0.1) is 19.2 Å². The van der Waals surface area contributed by atoms with E-state index in [1.165, 1.54) is 6.42 Å². The molecule has 1 aromatic heterocycles. The summed E-state index contributed by atoms with van der Waals surface area (Å²) in [6.45, 7) is 8.79. The third-order valence-electron chi connectivity index (χ3n) is 6.58. The van der Waals surface area contributed by atoms with Crippen molar-refractivity contribution in [1.82, 2.24) is 14.8 Å². The molecule has 4 rings (SSSR count). The zero-order valence-corrected chi connectivity index (χ0v) is 19.8. The number of likely N-dealkylation sites (tertiary alicyclic amines) is 2. The minimum absolute atomic E-state index is 0.0895. The standard InChI is InChI=1S/C24H33N3O3S/c1-17(2)22-25-19(14-31-22)23(28)27-12-10-24(16-27)9-6-11-26(15-24)13-18-7-5-8-20(29-3)21(18)30-4/h5,7-8,14,17H,6,9-13,15-16H2,1-4H3/t24-/m0/s1. The third kappa shape index (κ3) is 4.58. The molecule has 168 valence electrons. The number of rotatable bonds is 6. The van der Waals surface area contributed by atoms with E-state index in [-0.39, 0.29) is 11.3 Å². The molecule has 2 aliphatic heterocycles. The van der Waals surface area contributed by atoms with E-state index in [1.54, 1.807) is 25.6 Å². The Labute approximate surface area is 189 Å². The van der Waals surface area contributed by atoms with Gasteiger partial charge in [-0.2, -0.15) is 0 Å². The summed E-state index contributed by atoms with van der Waals surface area (Å²) in [5.41, 5.74) is 1.93. The Hall–Kier alpha value is -2.12. The lowest BCUT2D eigenvalue weighted by Gasteiger charge is -2.40. The molecule has 6 nitrogen and oxygen atoms in total. The van der Waals surface area contributed by atoms with Gasteiger partial charge in [0.25, 0.3) is 5.91 Å². The molecular weight excluding hydrogens is 410 g/mol. The average molecular weight is 444 g/mol. The Kier molecular flexibility index (Phi) is 6.53. The van der Waals surface area contributed by atoms with Crippen molar-refractivity contribution in [2.45, 2.75) is 45.6 Å². The second kappa shape index (κ2) is 9.17. The van der Waals surface area contributed by atoms with E-state index in [2.05, 4.69) is 29.8 Å². The normalized spacial score (nSPS) is 21.8. The van der Waals surface area contributed by atoms with E-state index in [9.17, 15) is 4.79 Å². The summed E-state index contributed by atoms with van der Waals surface area (Å²) in [4.78, 5) is 22.2. The fourth-order valence-electron chi connectivity index (χ4n) is 5.02. The molecule has 2 aliphatic rings. The Balaban J connectivity index is 1.43. The van der Waals surface area contributed by atoms with Gasteiger partial charge in [-0.1, -0.05) is 26.0 Å². The average Bonchev–Trinajstić information content (AvgIpc) is 3.41. The molecule has 0 bridgehead atoms. The number of hydrogen-bond acceptors (Lipinski definition) is 6. The maximum absolute atomic E-state index is 13.1. The minimum atomic E-state index is 0.0895. The van der Waals surface area contributed by atoms with Crippen LogP contribution in [0.15, 0.2) is 23.6 Å². The van der Waals surface area contributed by atoms with E-state index >= 15 is 0 Å². The lowest BCUT2D eigenvalue weighted by Crippen LogP contribution is -2.45. The van der Waals surface area contributed by atoms with Gasteiger partial charge in [0.15, 0.2) is 11.5 Å². The van der Waals surface area contributed by atoms with Gasteiger partial charge in [-0.05, 0) is 31.9 Å². The number of amides is 1. The smallest absolute Gasteiger partial charge is 0.273 e. The highest BCUT2D eigenvalue weighted by Crippen LogP contribution is 2.41. The topological polar surface area (TPSA) is 54.9 Å². The zero-order valence-electron chi connectivity index (χ0n) is 19.0. The summed E-state index contributed by atoms with van der Waals surface area (Å²) in [5, 5.41) is 2.96. The molecule has 0 saturated carbocycles. The first kappa shape index (κ1) is 22.1. The SMILES string of the molecule is COc1cccc(CN2CCC[C@]3(CCN(C(=O)c4csc(C(C)C)n4)C3)C2)c1OC. The second-order valence-electron chi connectivity index (χ2n) is 9.17. The van der Waals surface area contributed by atoms with Crippen LogP contribution in [0.3, 0.4) is 0 Å². The van der Waals surface area contributed by atoms with Crippen molar-refractivity contribution in [3.8, 4) is 11.5 Å². The third-order valence-corrected chi connectivity index (χ3v) is 7.72. The maximum atomic E-state index is 13.1. The van der Waals surface area contributed by atoms with E-state index < -0.39 is 0 Å². The van der Waals surface area contributed by atoms with E-state index in [4.69, 9.17) is 9.47 Å². The van der Waals surface area contributed by atoms with Crippen LogP contribution in [0.2, 0.25) is 0 Å². The molecule has 31 heavy (non-hydrogen) atoms. The number of nitrogens with zero attached hydrogens (tertiary/aromatic N) is 3. The second-order valence-corrected chi connectivity index (χ2v) is 10.1. The van der Waals surface area contributed by atoms with Crippen LogP contribution in [-0.2, 0) is 6.54 Å². The number of aromatic nitrogens is 1. The first-order valence-electron chi connectivity index (χ1n) is 11.1. The zero-order chi connectivity index (χ0) is 22.0. The van der Waals surface area contributed by atoms with Gasteiger partial charge in [-0.15, -0.1) is 11.3 Å². The number of para-hydroxylation sites is 1. The lowest BCUT2D eigenvalue weighted by atomic mass is 9.79. The van der Waals surface area contributed by atoms with Crippen LogP contribution in [0.1, 0.15) is 60.1 Å². The van der Waals surface area contributed by atoms with Crippen LogP contribution in [0.4, 0.5) is 0 Å². The molecule has 0 radical (unpaired) electrons. The number of ether oxygens (including phenoxy) is 2. The molecule has 2 saturated heterocycles. The largest absolute Gasteiger partial charge is 0.493 e. The van der Waals surface area contributed by atoms with Gasteiger partial charge in [-0.25, -0.2) is 4.98 Å². The van der Waals surface area contributed by atoms with Crippen molar-refractivity contribution in [2.24, 2.45) is 5.41 Å². The first-order valence-corrected chi connectivity index (χ1v) is 12.0. The number of thiazole rings is 1. The highest BCUT2D eigenvalue weighted by molar-refractivity contribution is 7.09. The number of carbonyl (C=O) groups is 1. The number of hydrogen-bond donors (Lipinski definition) is 0. The van der Waals surface area contributed by atoms with Gasteiger partial charge in [0, 0.05) is 48.5 Å². The van der Waals surface area contributed by atoms with Crippen molar-refractivity contribution in [1.29, 1.82) is 0 Å². The summed E-state index contributed by atoms with van der Waals surface area (Å²) >= 11 is 1.59. The highest BCUT2D eigenvalue weighted by atomic mass is 32.1. The fourth-order valence-corrected chi connectivity index (χ4v) is 5.83. The fraction of sp³-hybridized carbons (Fsp3) is 0.583. The summed E-state index contributed by atoms with van der Waals surface area (Å²) < 4.78 is 11.1. The van der Waals surface area contributed by atoms with Crippen LogP contribution in [0.25, 0.3) is 0 Å². The van der Waals surface area contributed by atoms with Gasteiger partial charge in [0.1, 0.15) is 5.69 Å². The molecule has 1 aromatic carbocycles. The van der Waals surface area contributed by atoms with Gasteiger partial charge in [-0.3, -0.25) is 9.69 Å². The molecular formula is C24H33N3O3S. The number of piperidine rings is 1. The van der Waals surface area contributed by atoms with Gasteiger partial charge < -0.3 is 14.4 Å². The maximum Gasteiger partial charge on any atom is 0.273 e. The Morgan fingerprint density at radius 1 is 1.19 bits per heavy atom. The van der Waals surface area contributed by atoms with Crippen molar-refractivity contribution >= 4 is 17.2 Å². The van der Waals surface area contributed by atoms with Crippen LogP contribution in [0, 0.1) is 5.41 Å². The molecule has 2 aromatic rings. The van der Waals surface area contributed by atoms with E-state index in [0.29, 0.717) is 11.6 Å². The van der Waals surface area contributed by atoms with Crippen molar-refractivity contribution in [3.63, 3.8) is 0 Å². The van der Waals surface area contributed by atoms with E-state index in [1.807, 2.05) is 22.4 Å². The monoisotopic (exact) mass is 443 g/mol. The van der Waals surface area contributed by atoms with Gasteiger partial charge >= 0.3 is 0 Å². The molecule has 1 amide bonds. The number of carbonyl (C=O) groups excluding carboxylic acids is 1. The molecule has 3 heterocycles. The highest BCUT2D eigenvalue weighted by Gasteiger charge is 2.43. The first-order chi connectivity index (χ1) is 14.9. The lowest BCUT2D eigenvalue weighted by molar-refractivity contribution is 0.0669. The van der Waals surface area contributed by atoms with Gasteiger partial charge in [0.2, 0.25) is 0 Å². The Morgan fingerprint density at radius 3 is 2.74 bits per heavy atom. The summed E-state index contributed by atoms with van der Waals surface area (Å²) in [7, 11) is 3.37. The van der Waals surface area contributed by atoms with Crippen molar-refractivity contribution in [2.75, 3.05) is 40.4 Å². The summed E-state index contributed by atoms with van der Waals surface area (Å²) in [6, 6.07) is 6.07. The predicted octanol–water partition coefficient (Wildman–Crippen LogP) is 4.41. The molecule has 0 unspecified atom stereocenters. The van der Waals surface area contributed by atoms with Crippen molar-refractivity contribution in [3.05, 3.63) is 39.8 Å². The van der Waals surface area contributed by atoms with Crippen molar-refractivity contribution < 1.29 is 14.3 Å². The minimum Gasteiger partial charge on any atom is -0.493 e. The molecule has 1 atom stereocenters. The number of methoxy groups -OCH3 is 2. The Morgan fingerprint density at radius 2 is 2.03 bits per heavy atom. The van der Waals surface area contributed by atoms with Crippen LogP contribution in [-0.4, -0.2) is 61.1 Å².